The van der Waals surface area contributed by atoms with Crippen LogP contribution in [0.1, 0.15) is 26.2 Å². The Kier molecular flexibility index (Phi) is 5.16. The smallest absolute Gasteiger partial charge is 0.174 e. The summed E-state index contributed by atoms with van der Waals surface area (Å²) in [6, 6.07) is 7.70. The fraction of sp³-hybridized carbons (Fsp3) is 0.588. The van der Waals surface area contributed by atoms with Crippen molar-refractivity contribution < 1.29 is 19.2 Å². The number of likely N-dealkylation sites (tertiary alicyclic amines) is 1. The number of quaternary nitrogens is 1. The van der Waals surface area contributed by atoms with E-state index < -0.39 is 0 Å². The standard InChI is InChI=1S/C17H24N2O3/c1-14(18-21-12-11-19-9-5-2-6-10-19)17-13-20-15-7-3-4-8-16(15)22-17/h3-4,7-8,17H,2,5-6,9-13H2,1H3/p+1/b18-14-/t17-/m1/s1. The average molecular weight is 305 g/mol. The van der Waals surface area contributed by atoms with Crippen molar-refractivity contribution >= 4 is 5.71 Å². The highest BCUT2D eigenvalue weighted by molar-refractivity contribution is 5.86. The molecule has 2 aliphatic rings. The summed E-state index contributed by atoms with van der Waals surface area (Å²) in [6.07, 6.45) is 3.88. The van der Waals surface area contributed by atoms with Gasteiger partial charge in [-0.05, 0) is 38.3 Å². The first-order chi connectivity index (χ1) is 10.8. The summed E-state index contributed by atoms with van der Waals surface area (Å²) in [5, 5.41) is 4.20. The quantitative estimate of drug-likeness (QED) is 0.506. The molecule has 0 aliphatic carbocycles. The van der Waals surface area contributed by atoms with Crippen molar-refractivity contribution in [2.75, 3.05) is 32.8 Å². The van der Waals surface area contributed by atoms with Crippen molar-refractivity contribution in [3.63, 3.8) is 0 Å². The van der Waals surface area contributed by atoms with Crippen LogP contribution in [0.2, 0.25) is 0 Å². The van der Waals surface area contributed by atoms with Gasteiger partial charge in [-0.25, -0.2) is 0 Å². The van der Waals surface area contributed by atoms with Gasteiger partial charge in [-0.2, -0.15) is 0 Å². The minimum atomic E-state index is -0.169. The Labute approximate surface area is 131 Å². The Balaban J connectivity index is 1.44. The van der Waals surface area contributed by atoms with Gasteiger partial charge in [0.2, 0.25) is 0 Å². The van der Waals surface area contributed by atoms with E-state index >= 15 is 0 Å². The summed E-state index contributed by atoms with van der Waals surface area (Å²) < 4.78 is 11.6. The van der Waals surface area contributed by atoms with E-state index in [1.807, 2.05) is 31.2 Å². The number of piperidine rings is 1. The number of hydrogen-bond donors (Lipinski definition) is 1. The van der Waals surface area contributed by atoms with Crippen molar-refractivity contribution in [3.8, 4) is 11.5 Å². The summed E-state index contributed by atoms with van der Waals surface area (Å²) in [5.41, 5.74) is 0.822. The van der Waals surface area contributed by atoms with E-state index in [-0.39, 0.29) is 6.10 Å². The zero-order chi connectivity index (χ0) is 15.2. The number of rotatable bonds is 5. The molecule has 0 radical (unpaired) electrons. The van der Waals surface area contributed by atoms with Gasteiger partial charge in [-0.15, -0.1) is 0 Å². The maximum Gasteiger partial charge on any atom is 0.174 e. The van der Waals surface area contributed by atoms with E-state index in [2.05, 4.69) is 5.16 Å². The van der Waals surface area contributed by atoms with Crippen molar-refractivity contribution in [2.45, 2.75) is 32.3 Å². The molecule has 1 saturated heterocycles. The van der Waals surface area contributed by atoms with Gasteiger partial charge >= 0.3 is 0 Å². The molecule has 0 saturated carbocycles. The Bertz CT molecular complexity index is 512. The van der Waals surface area contributed by atoms with Crippen LogP contribution in [0.25, 0.3) is 0 Å². The summed E-state index contributed by atoms with van der Waals surface area (Å²) in [5.74, 6) is 1.56. The molecule has 0 unspecified atom stereocenters. The first kappa shape index (κ1) is 15.2. The van der Waals surface area contributed by atoms with Crippen LogP contribution in [0, 0.1) is 0 Å². The van der Waals surface area contributed by atoms with Gasteiger partial charge in [0.05, 0.1) is 18.8 Å². The second-order valence-corrected chi connectivity index (χ2v) is 5.99. The van der Waals surface area contributed by atoms with Crippen molar-refractivity contribution in [1.29, 1.82) is 0 Å². The van der Waals surface area contributed by atoms with Gasteiger partial charge in [0, 0.05) is 0 Å². The van der Waals surface area contributed by atoms with E-state index in [1.165, 1.54) is 32.4 Å². The number of benzene rings is 1. The molecule has 1 aromatic carbocycles. The third kappa shape index (κ3) is 3.91. The predicted molar refractivity (Wildman–Crippen MR) is 84.8 cm³/mol. The van der Waals surface area contributed by atoms with E-state index in [0.717, 1.165) is 23.8 Å². The van der Waals surface area contributed by atoms with Crippen LogP contribution < -0.4 is 14.4 Å². The van der Waals surface area contributed by atoms with Crippen LogP contribution in [0.4, 0.5) is 0 Å². The highest BCUT2D eigenvalue weighted by Crippen LogP contribution is 2.31. The van der Waals surface area contributed by atoms with Crippen LogP contribution in [0.3, 0.4) is 0 Å². The van der Waals surface area contributed by atoms with E-state index in [0.29, 0.717) is 13.2 Å². The predicted octanol–water partition coefficient (Wildman–Crippen LogP) is 1.29. The summed E-state index contributed by atoms with van der Waals surface area (Å²) in [4.78, 5) is 7.10. The van der Waals surface area contributed by atoms with Crippen LogP contribution in [-0.2, 0) is 4.84 Å². The number of oxime groups is 1. The molecular weight excluding hydrogens is 280 g/mol. The number of nitrogens with one attached hydrogen (secondary N) is 1. The van der Waals surface area contributed by atoms with Gasteiger partial charge in [0.1, 0.15) is 13.2 Å². The SMILES string of the molecule is C/C(=N/OCC[NH+]1CCCCC1)[C@H]1COc2ccccc2O1. The molecule has 3 rings (SSSR count). The fourth-order valence-corrected chi connectivity index (χ4v) is 2.92. The summed E-state index contributed by atoms with van der Waals surface area (Å²) >= 11 is 0. The highest BCUT2D eigenvalue weighted by Gasteiger charge is 2.23. The first-order valence-corrected chi connectivity index (χ1v) is 8.21. The topological polar surface area (TPSA) is 44.5 Å². The van der Waals surface area contributed by atoms with Gasteiger partial charge in [-0.1, -0.05) is 17.3 Å². The maximum atomic E-state index is 5.90. The highest BCUT2D eigenvalue weighted by atomic mass is 16.6. The lowest BCUT2D eigenvalue weighted by Gasteiger charge is -2.26. The Hall–Kier alpha value is -1.75. The monoisotopic (exact) mass is 305 g/mol. The van der Waals surface area contributed by atoms with Gasteiger partial charge in [0.25, 0.3) is 0 Å². The summed E-state index contributed by atoms with van der Waals surface area (Å²) in [6.45, 7) is 6.63. The van der Waals surface area contributed by atoms with Crippen molar-refractivity contribution in [1.82, 2.24) is 0 Å². The maximum absolute atomic E-state index is 5.90. The van der Waals surface area contributed by atoms with Gasteiger partial charge < -0.3 is 19.2 Å². The van der Waals surface area contributed by atoms with Crippen LogP contribution >= 0.6 is 0 Å². The normalized spacial score (nSPS) is 22.4. The van der Waals surface area contributed by atoms with Crippen LogP contribution in [0.5, 0.6) is 11.5 Å². The third-order valence-electron chi connectivity index (χ3n) is 4.29. The molecule has 1 N–H and O–H groups in total. The number of fused-ring (bicyclic) bond motifs is 1. The second-order valence-electron chi connectivity index (χ2n) is 5.99. The molecule has 22 heavy (non-hydrogen) atoms. The molecule has 0 spiro atoms. The minimum Gasteiger partial charge on any atom is -0.485 e. The van der Waals surface area contributed by atoms with E-state index in [4.69, 9.17) is 14.3 Å². The average Bonchev–Trinajstić information content (AvgIpc) is 2.59. The molecule has 5 heteroatoms. The van der Waals surface area contributed by atoms with Crippen molar-refractivity contribution in [2.24, 2.45) is 5.16 Å². The number of ether oxygens (including phenoxy) is 2. The Morgan fingerprint density at radius 3 is 2.82 bits per heavy atom. The largest absolute Gasteiger partial charge is 0.485 e. The zero-order valence-electron chi connectivity index (χ0n) is 13.2. The molecule has 2 heterocycles. The zero-order valence-corrected chi connectivity index (χ0v) is 13.2. The molecule has 1 atom stereocenters. The molecule has 5 nitrogen and oxygen atoms in total. The minimum absolute atomic E-state index is 0.169. The van der Waals surface area contributed by atoms with Gasteiger partial charge in [0.15, 0.2) is 24.2 Å². The fourth-order valence-electron chi connectivity index (χ4n) is 2.92. The molecule has 0 aromatic heterocycles. The second kappa shape index (κ2) is 7.49. The number of para-hydroxylation sites is 2. The molecule has 0 amide bonds. The van der Waals surface area contributed by atoms with Gasteiger partial charge in [-0.3, -0.25) is 0 Å². The molecule has 1 aromatic rings. The lowest BCUT2D eigenvalue weighted by atomic mass is 10.1. The van der Waals surface area contributed by atoms with Crippen LogP contribution in [-0.4, -0.2) is 44.7 Å². The lowest BCUT2D eigenvalue weighted by molar-refractivity contribution is -0.905. The van der Waals surface area contributed by atoms with Crippen LogP contribution in [0.15, 0.2) is 29.4 Å². The van der Waals surface area contributed by atoms with Crippen molar-refractivity contribution in [3.05, 3.63) is 24.3 Å². The van der Waals surface area contributed by atoms with E-state index in [9.17, 15) is 0 Å². The number of hydrogen-bond acceptors (Lipinski definition) is 4. The summed E-state index contributed by atoms with van der Waals surface area (Å²) in [7, 11) is 0. The number of nitrogens with zero attached hydrogens (tertiary/aromatic N) is 1. The molecule has 0 bridgehead atoms. The Morgan fingerprint density at radius 1 is 1.23 bits per heavy atom. The Morgan fingerprint density at radius 2 is 2.00 bits per heavy atom. The van der Waals surface area contributed by atoms with E-state index in [1.54, 1.807) is 4.90 Å². The lowest BCUT2D eigenvalue weighted by Crippen LogP contribution is -3.13. The molecular formula is C17H25N2O3+. The molecule has 1 fully saturated rings. The first-order valence-electron chi connectivity index (χ1n) is 8.21. The third-order valence-corrected chi connectivity index (χ3v) is 4.29. The molecule has 2 aliphatic heterocycles. The molecule has 120 valence electrons.